The third-order valence-corrected chi connectivity index (χ3v) is 15.5. The molecule has 0 spiro atoms. The van der Waals surface area contributed by atoms with E-state index in [0.717, 1.165) is 45.0 Å². The minimum Gasteiger partial charge on any atom is -0.310 e. The van der Waals surface area contributed by atoms with Gasteiger partial charge in [-0.1, -0.05) is 243 Å². The van der Waals surface area contributed by atoms with Crippen molar-refractivity contribution >= 4 is 38.9 Å². The van der Waals surface area contributed by atoms with Crippen LogP contribution in [-0.2, 0) is 5.41 Å². The Labute approximate surface area is 438 Å². The van der Waals surface area contributed by atoms with Gasteiger partial charge in [0.2, 0.25) is 0 Å². The van der Waals surface area contributed by atoms with Gasteiger partial charge in [0.05, 0.1) is 22.1 Å². The number of aromatic nitrogens is 1. The maximum atomic E-state index is 2.47. The molecule has 1 aliphatic rings. The van der Waals surface area contributed by atoms with Crippen LogP contribution in [0.3, 0.4) is 0 Å². The molecule has 75 heavy (non-hydrogen) atoms. The normalized spacial score (nSPS) is 12.4. The summed E-state index contributed by atoms with van der Waals surface area (Å²) in [6.07, 6.45) is 0. The first-order valence-electron chi connectivity index (χ1n) is 25.9. The molecule has 0 aliphatic heterocycles. The van der Waals surface area contributed by atoms with Crippen LogP contribution in [0.5, 0.6) is 0 Å². The summed E-state index contributed by atoms with van der Waals surface area (Å²) in [5.74, 6) is 0. The lowest BCUT2D eigenvalue weighted by molar-refractivity contribution is 0.768. The summed E-state index contributed by atoms with van der Waals surface area (Å²) in [7, 11) is 0. The molecule has 0 radical (unpaired) electrons. The van der Waals surface area contributed by atoms with Crippen molar-refractivity contribution in [3.8, 4) is 61.3 Å². The summed E-state index contributed by atoms with van der Waals surface area (Å²) in [4.78, 5) is 2.47. The topological polar surface area (TPSA) is 8.17 Å². The standard InChI is InChI=1S/C73H50N2/c1-5-20-51(21-6-1)53-36-41-60(42-37-53)74(62-45-47-65-64-31-13-16-33-68(64)73(69(65)50-62,58-26-9-3-10-27-58)59-28-11-4-12-29-59)70-34-17-14-30-63(70)57-25-19-24-55(48-57)56-40-46-67-66-32-15-18-35-71(66)75(72(67)49-56)61-43-38-54(39-44-61)52-22-7-2-8-23-52/h1-50H. The summed E-state index contributed by atoms with van der Waals surface area (Å²) in [6, 6.07) is 111. The lowest BCUT2D eigenvalue weighted by Crippen LogP contribution is -2.28. The molecule has 1 aliphatic carbocycles. The molecule has 352 valence electrons. The molecular weight excluding hydrogens is 905 g/mol. The fraction of sp³-hybridized carbons (Fsp3) is 0.0137. The molecule has 14 rings (SSSR count). The second-order valence-electron chi connectivity index (χ2n) is 19.6. The van der Waals surface area contributed by atoms with Gasteiger partial charge in [-0.15, -0.1) is 0 Å². The Hall–Kier alpha value is -9.76. The van der Waals surface area contributed by atoms with Gasteiger partial charge in [-0.2, -0.15) is 0 Å². The third kappa shape index (κ3) is 7.41. The van der Waals surface area contributed by atoms with E-state index in [4.69, 9.17) is 0 Å². The summed E-state index contributed by atoms with van der Waals surface area (Å²) in [6.45, 7) is 0. The monoisotopic (exact) mass is 954 g/mol. The molecule has 1 heterocycles. The van der Waals surface area contributed by atoms with Gasteiger partial charge in [-0.05, 0) is 133 Å². The van der Waals surface area contributed by atoms with Crippen LogP contribution in [-0.4, -0.2) is 4.57 Å². The zero-order chi connectivity index (χ0) is 49.7. The number of benzene rings is 12. The highest BCUT2D eigenvalue weighted by Crippen LogP contribution is 2.57. The smallest absolute Gasteiger partial charge is 0.0714 e. The third-order valence-electron chi connectivity index (χ3n) is 15.5. The van der Waals surface area contributed by atoms with Crippen molar-refractivity contribution in [2.24, 2.45) is 0 Å². The maximum absolute atomic E-state index is 2.47. The van der Waals surface area contributed by atoms with Crippen molar-refractivity contribution in [3.63, 3.8) is 0 Å². The van der Waals surface area contributed by atoms with Crippen LogP contribution in [0.15, 0.2) is 303 Å². The molecule has 13 aromatic rings. The van der Waals surface area contributed by atoms with Crippen LogP contribution >= 0.6 is 0 Å². The van der Waals surface area contributed by atoms with Gasteiger partial charge in [0.1, 0.15) is 0 Å². The molecule has 1 aromatic heterocycles. The van der Waals surface area contributed by atoms with E-state index in [9.17, 15) is 0 Å². The highest BCUT2D eigenvalue weighted by Gasteiger charge is 2.46. The quantitative estimate of drug-likeness (QED) is 0.133. The number of nitrogens with zero attached hydrogens (tertiary/aromatic N) is 2. The molecule has 0 bridgehead atoms. The zero-order valence-electron chi connectivity index (χ0n) is 41.3. The minimum absolute atomic E-state index is 0.542. The fourth-order valence-electron chi connectivity index (χ4n) is 12.1. The van der Waals surface area contributed by atoms with Gasteiger partial charge < -0.3 is 9.47 Å². The first-order valence-corrected chi connectivity index (χ1v) is 25.9. The van der Waals surface area contributed by atoms with Crippen molar-refractivity contribution in [3.05, 3.63) is 326 Å². The number of anilines is 3. The van der Waals surface area contributed by atoms with Gasteiger partial charge in [-0.3, -0.25) is 0 Å². The summed E-state index contributed by atoms with van der Waals surface area (Å²) >= 11 is 0. The Kier molecular flexibility index (Phi) is 10.8. The van der Waals surface area contributed by atoms with E-state index in [0.29, 0.717) is 0 Å². The van der Waals surface area contributed by atoms with E-state index in [-0.39, 0.29) is 0 Å². The fourth-order valence-corrected chi connectivity index (χ4v) is 12.1. The van der Waals surface area contributed by atoms with Gasteiger partial charge in [0, 0.05) is 33.4 Å². The van der Waals surface area contributed by atoms with Gasteiger partial charge in [0.15, 0.2) is 0 Å². The lowest BCUT2D eigenvalue weighted by Gasteiger charge is -2.35. The highest BCUT2D eigenvalue weighted by atomic mass is 15.1. The average molecular weight is 955 g/mol. The van der Waals surface area contributed by atoms with Gasteiger partial charge >= 0.3 is 0 Å². The number of hydrogen-bond donors (Lipinski definition) is 0. The van der Waals surface area contributed by atoms with Crippen molar-refractivity contribution in [2.45, 2.75) is 5.41 Å². The van der Waals surface area contributed by atoms with Crippen molar-refractivity contribution in [1.82, 2.24) is 4.57 Å². The summed E-state index contributed by atoms with van der Waals surface area (Å²) in [5.41, 5.74) is 23.2. The summed E-state index contributed by atoms with van der Waals surface area (Å²) < 4.78 is 2.42. The molecule has 0 amide bonds. The van der Waals surface area contributed by atoms with Crippen molar-refractivity contribution in [2.75, 3.05) is 4.90 Å². The zero-order valence-corrected chi connectivity index (χ0v) is 41.3. The molecule has 2 nitrogen and oxygen atoms in total. The highest BCUT2D eigenvalue weighted by molar-refractivity contribution is 6.10. The first-order chi connectivity index (χ1) is 37.2. The van der Waals surface area contributed by atoms with Crippen LogP contribution in [0.4, 0.5) is 17.1 Å². The summed E-state index contributed by atoms with van der Waals surface area (Å²) in [5, 5.41) is 2.48. The number of rotatable bonds is 10. The van der Waals surface area contributed by atoms with Crippen molar-refractivity contribution < 1.29 is 0 Å². The Balaban J connectivity index is 0.925. The van der Waals surface area contributed by atoms with E-state index in [1.165, 1.54) is 77.4 Å². The number of fused-ring (bicyclic) bond motifs is 6. The Morgan fingerprint density at radius 3 is 1.44 bits per heavy atom. The molecule has 0 saturated heterocycles. The molecule has 0 unspecified atom stereocenters. The SMILES string of the molecule is c1ccc(-c2ccc(N(c3ccc4c(c3)C(c3ccccc3)(c3ccccc3)c3ccccc3-4)c3ccccc3-c3cccc(-c4ccc5c6ccccc6n(-c6ccc(-c7ccccc7)cc6)c5c4)c3)cc2)cc1. The predicted octanol–water partition coefficient (Wildman–Crippen LogP) is 19.3. The Morgan fingerprint density at radius 1 is 0.267 bits per heavy atom. The number of hydrogen-bond acceptors (Lipinski definition) is 1. The van der Waals surface area contributed by atoms with Crippen LogP contribution in [0.25, 0.3) is 83.1 Å². The molecule has 0 fully saturated rings. The molecule has 0 N–H and O–H groups in total. The minimum atomic E-state index is -0.542. The van der Waals surface area contributed by atoms with Gasteiger partial charge in [0.25, 0.3) is 0 Å². The molecule has 0 atom stereocenters. The number of para-hydroxylation sites is 2. The van der Waals surface area contributed by atoms with E-state index < -0.39 is 5.41 Å². The predicted molar refractivity (Wildman–Crippen MR) is 315 cm³/mol. The molecule has 2 heteroatoms. The second kappa shape index (κ2) is 18.4. The molecule has 0 saturated carbocycles. The van der Waals surface area contributed by atoms with Crippen LogP contribution in [0.2, 0.25) is 0 Å². The Bertz CT molecular complexity index is 4160. The first kappa shape index (κ1) is 44.0. The van der Waals surface area contributed by atoms with Gasteiger partial charge in [-0.25, -0.2) is 0 Å². The van der Waals surface area contributed by atoms with E-state index in [1.54, 1.807) is 0 Å². The van der Waals surface area contributed by atoms with E-state index >= 15 is 0 Å². The van der Waals surface area contributed by atoms with Crippen LogP contribution in [0, 0.1) is 0 Å². The van der Waals surface area contributed by atoms with E-state index in [2.05, 4.69) is 313 Å². The molecule has 12 aromatic carbocycles. The lowest BCUT2D eigenvalue weighted by atomic mass is 9.67. The van der Waals surface area contributed by atoms with Crippen molar-refractivity contribution in [1.29, 1.82) is 0 Å². The van der Waals surface area contributed by atoms with E-state index in [1.807, 2.05) is 0 Å². The maximum Gasteiger partial charge on any atom is 0.0714 e. The Morgan fingerprint density at radius 2 is 0.747 bits per heavy atom. The largest absolute Gasteiger partial charge is 0.310 e. The van der Waals surface area contributed by atoms with Crippen LogP contribution < -0.4 is 4.90 Å². The molecular formula is C73H50N2. The average Bonchev–Trinajstić information content (AvgIpc) is 3.99. The van der Waals surface area contributed by atoms with Crippen LogP contribution in [0.1, 0.15) is 22.3 Å². The second-order valence-corrected chi connectivity index (χ2v) is 19.6.